The first-order valence-corrected chi connectivity index (χ1v) is 9.91. The van der Waals surface area contributed by atoms with E-state index < -0.39 is 0 Å². The molecule has 5 nitrogen and oxygen atoms in total. The van der Waals surface area contributed by atoms with Gasteiger partial charge in [-0.25, -0.2) is 0 Å². The fraction of sp³-hybridized carbons (Fsp3) is 0.250. The van der Waals surface area contributed by atoms with Crippen molar-refractivity contribution in [2.24, 2.45) is 5.92 Å². The molecule has 2 aromatic carbocycles. The predicted octanol–water partition coefficient (Wildman–Crippen LogP) is 4.77. The number of ether oxygens (including phenoxy) is 2. The Morgan fingerprint density at radius 1 is 0.966 bits per heavy atom. The number of benzene rings is 2. The van der Waals surface area contributed by atoms with Gasteiger partial charge in [0.1, 0.15) is 11.5 Å². The van der Waals surface area contributed by atoms with Crippen molar-refractivity contribution in [3.63, 3.8) is 0 Å². The maximum atomic E-state index is 12.9. The standard InChI is InChI=1S/C24H24N2O3/c27-24(19-8-10-22(11-9-19)29-21-6-2-1-3-7-21)26-23(18-12-15-28-16-13-18)20-5-4-14-25-17-20/h1-11,14,17-18,23H,12-13,15-16H2,(H,26,27). The van der Waals surface area contributed by atoms with Crippen LogP contribution in [0.2, 0.25) is 0 Å². The van der Waals surface area contributed by atoms with Gasteiger partial charge in [0.25, 0.3) is 5.91 Å². The van der Waals surface area contributed by atoms with E-state index in [9.17, 15) is 4.79 Å². The zero-order chi connectivity index (χ0) is 19.9. The van der Waals surface area contributed by atoms with Crippen LogP contribution >= 0.6 is 0 Å². The number of rotatable bonds is 6. The average Bonchev–Trinajstić information content (AvgIpc) is 2.80. The summed E-state index contributed by atoms with van der Waals surface area (Å²) in [5.41, 5.74) is 1.63. The van der Waals surface area contributed by atoms with Crippen LogP contribution in [0.4, 0.5) is 0 Å². The molecule has 29 heavy (non-hydrogen) atoms. The smallest absolute Gasteiger partial charge is 0.251 e. The Balaban J connectivity index is 1.47. The number of carbonyl (C=O) groups excluding carboxylic acids is 1. The van der Waals surface area contributed by atoms with Crippen molar-refractivity contribution in [3.8, 4) is 11.5 Å². The Bertz CT molecular complexity index is 908. The minimum absolute atomic E-state index is 0.0830. The summed E-state index contributed by atoms with van der Waals surface area (Å²) >= 11 is 0. The van der Waals surface area contributed by atoms with Gasteiger partial charge >= 0.3 is 0 Å². The number of hydrogen-bond acceptors (Lipinski definition) is 4. The monoisotopic (exact) mass is 388 g/mol. The van der Waals surface area contributed by atoms with E-state index in [2.05, 4.69) is 10.3 Å². The molecule has 0 bridgehead atoms. The topological polar surface area (TPSA) is 60.5 Å². The van der Waals surface area contributed by atoms with E-state index in [1.54, 1.807) is 18.3 Å². The third-order valence-electron chi connectivity index (χ3n) is 5.16. The molecular weight excluding hydrogens is 364 g/mol. The van der Waals surface area contributed by atoms with E-state index in [1.165, 1.54) is 0 Å². The maximum absolute atomic E-state index is 12.9. The van der Waals surface area contributed by atoms with Gasteiger partial charge in [-0.2, -0.15) is 0 Å². The Kier molecular flexibility index (Phi) is 6.17. The van der Waals surface area contributed by atoms with E-state index in [4.69, 9.17) is 9.47 Å². The lowest BCUT2D eigenvalue weighted by Gasteiger charge is -2.31. The third kappa shape index (κ3) is 5.00. The number of aromatic nitrogens is 1. The molecule has 1 amide bonds. The van der Waals surface area contributed by atoms with Gasteiger partial charge in [-0.05, 0) is 66.8 Å². The molecule has 1 saturated heterocycles. The largest absolute Gasteiger partial charge is 0.457 e. The molecule has 0 spiro atoms. The molecule has 0 radical (unpaired) electrons. The van der Waals surface area contributed by atoms with Crippen LogP contribution < -0.4 is 10.1 Å². The third-order valence-corrected chi connectivity index (χ3v) is 5.16. The molecule has 2 heterocycles. The summed E-state index contributed by atoms with van der Waals surface area (Å²) in [6.45, 7) is 1.45. The van der Waals surface area contributed by atoms with Crippen LogP contribution in [0.3, 0.4) is 0 Å². The summed E-state index contributed by atoms with van der Waals surface area (Å²) in [6, 6.07) is 20.6. The first-order valence-electron chi connectivity index (χ1n) is 9.91. The first-order chi connectivity index (χ1) is 14.3. The number of carbonyl (C=O) groups is 1. The van der Waals surface area contributed by atoms with Gasteiger partial charge in [0.15, 0.2) is 0 Å². The minimum Gasteiger partial charge on any atom is -0.457 e. The molecule has 5 heteroatoms. The highest BCUT2D eigenvalue weighted by molar-refractivity contribution is 5.94. The van der Waals surface area contributed by atoms with Crippen LogP contribution in [0.15, 0.2) is 79.1 Å². The van der Waals surface area contributed by atoms with E-state index >= 15 is 0 Å². The van der Waals surface area contributed by atoms with Crippen molar-refractivity contribution in [3.05, 3.63) is 90.3 Å². The van der Waals surface area contributed by atoms with Gasteiger partial charge in [0, 0.05) is 31.2 Å². The lowest BCUT2D eigenvalue weighted by atomic mass is 9.87. The quantitative estimate of drug-likeness (QED) is 0.661. The van der Waals surface area contributed by atoms with Crippen molar-refractivity contribution in [1.82, 2.24) is 10.3 Å². The molecule has 0 aliphatic carbocycles. The molecule has 0 saturated carbocycles. The van der Waals surface area contributed by atoms with E-state index in [0.29, 0.717) is 17.2 Å². The highest BCUT2D eigenvalue weighted by Crippen LogP contribution is 2.30. The van der Waals surface area contributed by atoms with E-state index in [0.717, 1.165) is 37.4 Å². The van der Waals surface area contributed by atoms with Gasteiger partial charge < -0.3 is 14.8 Å². The zero-order valence-electron chi connectivity index (χ0n) is 16.2. The average molecular weight is 388 g/mol. The Morgan fingerprint density at radius 2 is 1.69 bits per heavy atom. The van der Waals surface area contributed by atoms with Crippen molar-refractivity contribution in [2.75, 3.05) is 13.2 Å². The Labute approximate surface area is 170 Å². The molecule has 1 aromatic heterocycles. The molecule has 148 valence electrons. The van der Waals surface area contributed by atoms with Crippen molar-refractivity contribution in [1.29, 1.82) is 0 Å². The number of pyridine rings is 1. The number of para-hydroxylation sites is 1. The molecule has 3 aromatic rings. The molecule has 4 rings (SSSR count). The number of nitrogens with zero attached hydrogens (tertiary/aromatic N) is 1. The van der Waals surface area contributed by atoms with Crippen molar-refractivity contribution in [2.45, 2.75) is 18.9 Å². The number of amides is 1. The lowest BCUT2D eigenvalue weighted by molar-refractivity contribution is 0.0513. The minimum atomic E-state index is -0.100. The summed E-state index contributed by atoms with van der Waals surface area (Å²) < 4.78 is 11.3. The SMILES string of the molecule is O=C(NC(c1cccnc1)C1CCOCC1)c1ccc(Oc2ccccc2)cc1. The zero-order valence-corrected chi connectivity index (χ0v) is 16.2. The van der Waals surface area contributed by atoms with Gasteiger partial charge in [0.05, 0.1) is 6.04 Å². The number of hydrogen-bond donors (Lipinski definition) is 1. The summed E-state index contributed by atoms with van der Waals surface area (Å²) in [4.78, 5) is 17.2. The summed E-state index contributed by atoms with van der Waals surface area (Å²) in [5.74, 6) is 1.69. The fourth-order valence-corrected chi connectivity index (χ4v) is 3.61. The van der Waals surface area contributed by atoms with Gasteiger partial charge in [-0.15, -0.1) is 0 Å². The van der Waals surface area contributed by atoms with Crippen LogP contribution in [-0.2, 0) is 4.74 Å². The number of nitrogens with one attached hydrogen (secondary N) is 1. The molecule has 1 fully saturated rings. The molecule has 1 atom stereocenters. The highest BCUT2D eigenvalue weighted by Gasteiger charge is 2.27. The van der Waals surface area contributed by atoms with Crippen molar-refractivity contribution < 1.29 is 14.3 Å². The van der Waals surface area contributed by atoms with Crippen LogP contribution in [0, 0.1) is 5.92 Å². The molecule has 1 N–H and O–H groups in total. The second-order valence-corrected chi connectivity index (χ2v) is 7.13. The maximum Gasteiger partial charge on any atom is 0.251 e. The molecule has 1 aliphatic heterocycles. The fourth-order valence-electron chi connectivity index (χ4n) is 3.61. The van der Waals surface area contributed by atoms with E-state index in [1.807, 2.05) is 60.8 Å². The van der Waals surface area contributed by atoms with Gasteiger partial charge in [-0.3, -0.25) is 9.78 Å². The van der Waals surface area contributed by atoms with Crippen molar-refractivity contribution >= 4 is 5.91 Å². The Morgan fingerprint density at radius 3 is 2.38 bits per heavy atom. The van der Waals surface area contributed by atoms with E-state index in [-0.39, 0.29) is 11.9 Å². The summed E-state index contributed by atoms with van der Waals surface area (Å²) in [5, 5.41) is 3.21. The molecule has 1 unspecified atom stereocenters. The second kappa shape index (κ2) is 9.34. The van der Waals surface area contributed by atoms with Crippen LogP contribution in [0.1, 0.15) is 34.8 Å². The van der Waals surface area contributed by atoms with Crippen LogP contribution in [0.25, 0.3) is 0 Å². The molecular formula is C24H24N2O3. The predicted molar refractivity (Wildman–Crippen MR) is 111 cm³/mol. The Hall–Kier alpha value is -3.18. The summed E-state index contributed by atoms with van der Waals surface area (Å²) in [6.07, 6.45) is 5.42. The lowest BCUT2D eigenvalue weighted by Crippen LogP contribution is -2.36. The summed E-state index contributed by atoms with van der Waals surface area (Å²) in [7, 11) is 0. The first kappa shape index (κ1) is 19.2. The normalized spacial score (nSPS) is 15.4. The second-order valence-electron chi connectivity index (χ2n) is 7.13. The molecule has 1 aliphatic rings. The van der Waals surface area contributed by atoms with Crippen LogP contribution in [-0.4, -0.2) is 24.1 Å². The van der Waals surface area contributed by atoms with Gasteiger partial charge in [-0.1, -0.05) is 24.3 Å². The van der Waals surface area contributed by atoms with Crippen LogP contribution in [0.5, 0.6) is 11.5 Å². The van der Waals surface area contributed by atoms with Gasteiger partial charge in [0.2, 0.25) is 0 Å². The highest BCUT2D eigenvalue weighted by atomic mass is 16.5.